The minimum Gasteiger partial charge on any atom is -0.325 e. The summed E-state index contributed by atoms with van der Waals surface area (Å²) in [5.41, 5.74) is 3.84. The molecule has 0 saturated heterocycles. The smallest absolute Gasteiger partial charge is 0.325 e. The van der Waals surface area contributed by atoms with Gasteiger partial charge in [0.2, 0.25) is 5.91 Å². The number of alkyl halides is 3. The summed E-state index contributed by atoms with van der Waals surface area (Å²) < 4.78 is 50.2. The average molecular weight is 264 g/mol. The second-order valence-corrected chi connectivity index (χ2v) is 3.70. The number of nitrogens with one attached hydrogen (secondary N) is 1. The molecule has 0 aromatic heterocycles. The van der Waals surface area contributed by atoms with Gasteiger partial charge in [-0.15, -0.1) is 0 Å². The van der Waals surface area contributed by atoms with E-state index in [2.05, 4.69) is 5.32 Å². The Hall–Kier alpha value is -1.63. The summed E-state index contributed by atoms with van der Waals surface area (Å²) in [7, 11) is 0. The third-order valence-electron chi connectivity index (χ3n) is 2.32. The first kappa shape index (κ1) is 14.4. The molecule has 1 aromatic rings. The van der Waals surface area contributed by atoms with E-state index in [0.717, 1.165) is 6.07 Å². The third kappa shape index (κ3) is 3.43. The maximum Gasteiger partial charge on any atom is 0.419 e. The molecule has 1 amide bonds. The van der Waals surface area contributed by atoms with Gasteiger partial charge in [0, 0.05) is 5.69 Å². The van der Waals surface area contributed by atoms with Crippen LogP contribution in [0.1, 0.15) is 18.9 Å². The first-order valence-electron chi connectivity index (χ1n) is 5.19. The number of carbonyl (C=O) groups is 1. The van der Waals surface area contributed by atoms with Crippen molar-refractivity contribution in [3.05, 3.63) is 29.6 Å². The summed E-state index contributed by atoms with van der Waals surface area (Å²) in [6, 6.07) is 1.42. The SMILES string of the molecule is CCC(N)C(=O)Nc1ccc(F)c(C(F)(F)F)c1. The molecule has 1 aromatic carbocycles. The molecular formula is C11H12F4N2O. The van der Waals surface area contributed by atoms with Crippen LogP contribution in [0.2, 0.25) is 0 Å². The molecule has 0 spiro atoms. The maximum absolute atomic E-state index is 13.0. The van der Waals surface area contributed by atoms with Crippen molar-refractivity contribution in [2.45, 2.75) is 25.6 Å². The van der Waals surface area contributed by atoms with Crippen molar-refractivity contribution in [2.75, 3.05) is 5.32 Å². The summed E-state index contributed by atoms with van der Waals surface area (Å²) in [5, 5.41) is 2.20. The zero-order valence-electron chi connectivity index (χ0n) is 9.51. The number of carbonyl (C=O) groups excluding carboxylic acids is 1. The van der Waals surface area contributed by atoms with Gasteiger partial charge in [0.25, 0.3) is 0 Å². The molecule has 7 heteroatoms. The van der Waals surface area contributed by atoms with Crippen molar-refractivity contribution in [1.29, 1.82) is 0 Å². The fourth-order valence-corrected chi connectivity index (χ4v) is 1.24. The van der Waals surface area contributed by atoms with Crippen LogP contribution in [-0.4, -0.2) is 11.9 Å². The van der Waals surface area contributed by atoms with E-state index in [9.17, 15) is 22.4 Å². The van der Waals surface area contributed by atoms with E-state index in [1.165, 1.54) is 0 Å². The van der Waals surface area contributed by atoms with Crippen LogP contribution in [-0.2, 0) is 11.0 Å². The van der Waals surface area contributed by atoms with Gasteiger partial charge >= 0.3 is 6.18 Å². The van der Waals surface area contributed by atoms with Crippen LogP contribution >= 0.6 is 0 Å². The topological polar surface area (TPSA) is 55.1 Å². The number of anilines is 1. The van der Waals surface area contributed by atoms with Crippen LogP contribution in [0.5, 0.6) is 0 Å². The number of nitrogens with two attached hydrogens (primary N) is 1. The Bertz CT molecular complexity index is 445. The molecule has 0 aliphatic heterocycles. The van der Waals surface area contributed by atoms with Crippen LogP contribution < -0.4 is 11.1 Å². The van der Waals surface area contributed by atoms with Crippen molar-refractivity contribution in [2.24, 2.45) is 5.73 Å². The summed E-state index contributed by atoms with van der Waals surface area (Å²) >= 11 is 0. The lowest BCUT2D eigenvalue weighted by atomic mass is 10.1. The Balaban J connectivity index is 2.96. The van der Waals surface area contributed by atoms with Gasteiger partial charge in [0.15, 0.2) is 0 Å². The Labute approximate surface area is 101 Å². The van der Waals surface area contributed by atoms with Gasteiger partial charge in [-0.2, -0.15) is 13.2 Å². The molecule has 0 radical (unpaired) electrons. The first-order chi connectivity index (χ1) is 8.25. The van der Waals surface area contributed by atoms with Gasteiger partial charge in [0.1, 0.15) is 5.82 Å². The number of halogens is 4. The molecule has 100 valence electrons. The van der Waals surface area contributed by atoms with E-state index in [0.29, 0.717) is 18.6 Å². The number of amides is 1. The van der Waals surface area contributed by atoms with E-state index in [1.807, 2.05) is 0 Å². The summed E-state index contributed by atoms with van der Waals surface area (Å²) in [6.45, 7) is 1.66. The highest BCUT2D eigenvalue weighted by molar-refractivity contribution is 5.94. The van der Waals surface area contributed by atoms with Crippen molar-refractivity contribution < 1.29 is 22.4 Å². The van der Waals surface area contributed by atoms with Crippen LogP contribution in [0.3, 0.4) is 0 Å². The van der Waals surface area contributed by atoms with Gasteiger partial charge in [0.05, 0.1) is 11.6 Å². The lowest BCUT2D eigenvalue weighted by Gasteiger charge is -2.13. The van der Waals surface area contributed by atoms with Crippen molar-refractivity contribution >= 4 is 11.6 Å². The molecule has 0 aliphatic rings. The molecule has 1 atom stereocenters. The van der Waals surface area contributed by atoms with Gasteiger partial charge in [-0.05, 0) is 24.6 Å². The maximum atomic E-state index is 13.0. The Morgan fingerprint density at radius 3 is 2.56 bits per heavy atom. The van der Waals surface area contributed by atoms with Crippen LogP contribution in [0.15, 0.2) is 18.2 Å². The highest BCUT2D eigenvalue weighted by Crippen LogP contribution is 2.32. The molecule has 0 saturated carbocycles. The Morgan fingerprint density at radius 2 is 2.06 bits per heavy atom. The lowest BCUT2D eigenvalue weighted by molar-refractivity contribution is -0.140. The van der Waals surface area contributed by atoms with Gasteiger partial charge in [-0.25, -0.2) is 4.39 Å². The first-order valence-corrected chi connectivity index (χ1v) is 5.19. The number of benzene rings is 1. The molecule has 0 aliphatic carbocycles. The number of rotatable bonds is 3. The molecule has 0 heterocycles. The van der Waals surface area contributed by atoms with E-state index >= 15 is 0 Å². The molecular weight excluding hydrogens is 252 g/mol. The summed E-state index contributed by atoms with van der Waals surface area (Å²) in [6.07, 6.45) is -4.46. The number of hydrogen-bond donors (Lipinski definition) is 2. The third-order valence-corrected chi connectivity index (χ3v) is 2.32. The highest BCUT2D eigenvalue weighted by atomic mass is 19.4. The highest BCUT2D eigenvalue weighted by Gasteiger charge is 2.34. The predicted molar refractivity (Wildman–Crippen MR) is 58.3 cm³/mol. The van der Waals surface area contributed by atoms with Crippen molar-refractivity contribution in [3.63, 3.8) is 0 Å². The summed E-state index contributed by atoms with van der Waals surface area (Å²) in [4.78, 5) is 11.4. The fraction of sp³-hybridized carbons (Fsp3) is 0.364. The predicted octanol–water partition coefficient (Wildman–Crippen LogP) is 2.52. The van der Waals surface area contributed by atoms with Gasteiger partial charge < -0.3 is 11.1 Å². The molecule has 1 rings (SSSR count). The van der Waals surface area contributed by atoms with Crippen molar-refractivity contribution in [3.8, 4) is 0 Å². The quantitative estimate of drug-likeness (QED) is 0.824. The molecule has 0 bridgehead atoms. The second kappa shape index (κ2) is 5.34. The Kier molecular flexibility index (Phi) is 4.28. The Morgan fingerprint density at radius 1 is 1.44 bits per heavy atom. The van der Waals surface area contributed by atoms with E-state index < -0.39 is 29.5 Å². The molecule has 3 nitrogen and oxygen atoms in total. The lowest BCUT2D eigenvalue weighted by Crippen LogP contribution is -2.34. The fourth-order valence-electron chi connectivity index (χ4n) is 1.24. The normalized spacial score (nSPS) is 13.2. The average Bonchev–Trinajstić information content (AvgIpc) is 2.29. The standard InChI is InChI=1S/C11H12F4N2O/c1-2-9(16)10(18)17-6-3-4-8(12)7(5-6)11(13,14)15/h3-5,9H,2,16H2,1H3,(H,17,18). The summed E-state index contributed by atoms with van der Waals surface area (Å²) in [5.74, 6) is -2.00. The van der Waals surface area contributed by atoms with Gasteiger partial charge in [-0.3, -0.25) is 4.79 Å². The monoisotopic (exact) mass is 264 g/mol. The zero-order chi connectivity index (χ0) is 13.9. The van der Waals surface area contributed by atoms with Crippen LogP contribution in [0.25, 0.3) is 0 Å². The van der Waals surface area contributed by atoms with Crippen LogP contribution in [0, 0.1) is 5.82 Å². The largest absolute Gasteiger partial charge is 0.419 e. The zero-order valence-corrected chi connectivity index (χ0v) is 9.51. The molecule has 18 heavy (non-hydrogen) atoms. The molecule has 0 fully saturated rings. The van der Waals surface area contributed by atoms with Crippen molar-refractivity contribution in [1.82, 2.24) is 0 Å². The van der Waals surface area contributed by atoms with Gasteiger partial charge in [-0.1, -0.05) is 6.92 Å². The molecule has 3 N–H and O–H groups in total. The second-order valence-electron chi connectivity index (χ2n) is 3.70. The van der Waals surface area contributed by atoms with Crippen LogP contribution in [0.4, 0.5) is 23.2 Å². The van der Waals surface area contributed by atoms with E-state index in [-0.39, 0.29) is 5.69 Å². The number of hydrogen-bond acceptors (Lipinski definition) is 2. The van der Waals surface area contributed by atoms with E-state index in [4.69, 9.17) is 5.73 Å². The minimum absolute atomic E-state index is 0.141. The van der Waals surface area contributed by atoms with E-state index in [1.54, 1.807) is 6.92 Å². The molecule has 1 unspecified atom stereocenters. The minimum atomic E-state index is -4.81.